The van der Waals surface area contributed by atoms with Gasteiger partial charge in [-0.3, -0.25) is 0 Å². The standard InChI is InChI=1S/C13H25F3N2/c1-3-9-17-11-6-4-5-7-12(11)18(2)10-8-13(14,15)16/h11-12,17H,3-10H2,1-2H3. The van der Waals surface area contributed by atoms with Crippen molar-refractivity contribution in [1.29, 1.82) is 0 Å². The van der Waals surface area contributed by atoms with Crippen molar-refractivity contribution in [2.45, 2.75) is 63.7 Å². The number of alkyl halides is 3. The van der Waals surface area contributed by atoms with Gasteiger partial charge in [-0.05, 0) is 32.9 Å². The highest BCUT2D eigenvalue weighted by atomic mass is 19.4. The van der Waals surface area contributed by atoms with Crippen LogP contribution in [-0.4, -0.2) is 43.3 Å². The van der Waals surface area contributed by atoms with Crippen molar-refractivity contribution in [2.75, 3.05) is 20.1 Å². The molecule has 1 N–H and O–H groups in total. The van der Waals surface area contributed by atoms with E-state index in [1.807, 2.05) is 11.9 Å². The summed E-state index contributed by atoms with van der Waals surface area (Å²) in [6, 6.07) is 0.615. The second-order valence-electron chi connectivity index (χ2n) is 5.26. The Morgan fingerprint density at radius 2 is 1.89 bits per heavy atom. The molecule has 1 aliphatic carbocycles. The molecule has 0 spiro atoms. The summed E-state index contributed by atoms with van der Waals surface area (Å²) >= 11 is 0. The highest BCUT2D eigenvalue weighted by Crippen LogP contribution is 2.25. The van der Waals surface area contributed by atoms with E-state index in [2.05, 4.69) is 12.2 Å². The molecule has 0 heterocycles. The number of halogens is 3. The van der Waals surface area contributed by atoms with Gasteiger partial charge < -0.3 is 10.2 Å². The highest BCUT2D eigenvalue weighted by Gasteiger charge is 2.31. The van der Waals surface area contributed by atoms with Crippen molar-refractivity contribution in [1.82, 2.24) is 10.2 Å². The van der Waals surface area contributed by atoms with Crippen LogP contribution in [0.25, 0.3) is 0 Å². The molecule has 0 aromatic carbocycles. The van der Waals surface area contributed by atoms with E-state index in [1.165, 1.54) is 6.42 Å². The molecule has 1 aliphatic rings. The van der Waals surface area contributed by atoms with Gasteiger partial charge in [0.15, 0.2) is 0 Å². The predicted molar refractivity (Wildman–Crippen MR) is 67.6 cm³/mol. The SMILES string of the molecule is CCCNC1CCCCC1N(C)CCC(F)(F)F. The fraction of sp³-hybridized carbons (Fsp3) is 1.00. The van der Waals surface area contributed by atoms with E-state index < -0.39 is 12.6 Å². The molecular weight excluding hydrogens is 241 g/mol. The minimum absolute atomic E-state index is 0.110. The van der Waals surface area contributed by atoms with Crippen LogP contribution in [-0.2, 0) is 0 Å². The van der Waals surface area contributed by atoms with Gasteiger partial charge in [0.25, 0.3) is 0 Å². The number of hydrogen-bond acceptors (Lipinski definition) is 2. The van der Waals surface area contributed by atoms with Crippen LogP contribution in [0.1, 0.15) is 45.4 Å². The summed E-state index contributed by atoms with van der Waals surface area (Å²) in [5.74, 6) is 0. The fourth-order valence-electron chi connectivity index (χ4n) is 2.68. The molecule has 1 fully saturated rings. The number of nitrogens with zero attached hydrogens (tertiary/aromatic N) is 1. The van der Waals surface area contributed by atoms with E-state index in [9.17, 15) is 13.2 Å². The lowest BCUT2D eigenvalue weighted by Crippen LogP contribution is -2.51. The van der Waals surface area contributed by atoms with Crippen molar-refractivity contribution in [3.05, 3.63) is 0 Å². The topological polar surface area (TPSA) is 15.3 Å². The van der Waals surface area contributed by atoms with Gasteiger partial charge in [-0.25, -0.2) is 0 Å². The molecule has 2 nitrogen and oxygen atoms in total. The molecule has 18 heavy (non-hydrogen) atoms. The van der Waals surface area contributed by atoms with Gasteiger partial charge >= 0.3 is 6.18 Å². The first-order valence-electron chi connectivity index (χ1n) is 6.94. The Bertz CT molecular complexity index is 231. The summed E-state index contributed by atoms with van der Waals surface area (Å²) in [7, 11) is 1.82. The van der Waals surface area contributed by atoms with E-state index >= 15 is 0 Å². The zero-order valence-electron chi connectivity index (χ0n) is 11.4. The Morgan fingerprint density at radius 3 is 2.50 bits per heavy atom. The molecule has 0 amide bonds. The second kappa shape index (κ2) is 7.34. The van der Waals surface area contributed by atoms with Crippen molar-refractivity contribution in [3.8, 4) is 0 Å². The maximum atomic E-state index is 12.2. The summed E-state index contributed by atoms with van der Waals surface area (Å²) in [4.78, 5) is 1.89. The Morgan fingerprint density at radius 1 is 1.22 bits per heavy atom. The van der Waals surface area contributed by atoms with Gasteiger partial charge in [0.05, 0.1) is 6.42 Å². The maximum Gasteiger partial charge on any atom is 0.390 e. The van der Waals surface area contributed by atoms with Gasteiger partial charge in [-0.1, -0.05) is 19.8 Å². The van der Waals surface area contributed by atoms with E-state index in [0.29, 0.717) is 6.04 Å². The lowest BCUT2D eigenvalue weighted by molar-refractivity contribution is -0.138. The third kappa shape index (κ3) is 5.57. The summed E-state index contributed by atoms with van der Waals surface area (Å²) in [6.07, 6.45) is 0.721. The van der Waals surface area contributed by atoms with Gasteiger partial charge in [0, 0.05) is 18.6 Å². The number of nitrogens with one attached hydrogen (secondary N) is 1. The maximum absolute atomic E-state index is 12.2. The van der Waals surface area contributed by atoms with Gasteiger partial charge in [-0.15, -0.1) is 0 Å². The van der Waals surface area contributed by atoms with Crippen molar-refractivity contribution in [3.63, 3.8) is 0 Å². The van der Waals surface area contributed by atoms with E-state index in [0.717, 1.165) is 32.2 Å². The molecule has 5 heteroatoms. The first kappa shape index (κ1) is 15.8. The molecule has 1 rings (SSSR count). The smallest absolute Gasteiger partial charge is 0.312 e. The molecule has 0 aromatic heterocycles. The molecule has 0 aliphatic heterocycles. The van der Waals surface area contributed by atoms with Gasteiger partial charge in [0.1, 0.15) is 0 Å². The molecule has 1 saturated carbocycles. The Balaban J connectivity index is 2.43. The summed E-state index contributed by atoms with van der Waals surface area (Å²) in [6.45, 7) is 3.17. The van der Waals surface area contributed by atoms with Crippen LogP contribution in [0.4, 0.5) is 13.2 Å². The predicted octanol–water partition coefficient (Wildman–Crippen LogP) is 3.18. The van der Waals surface area contributed by atoms with E-state index in [4.69, 9.17) is 0 Å². The molecule has 0 saturated heterocycles. The molecule has 2 unspecified atom stereocenters. The first-order chi connectivity index (χ1) is 8.44. The zero-order chi connectivity index (χ0) is 13.6. The summed E-state index contributed by atoms with van der Waals surface area (Å²) in [5, 5.41) is 3.48. The Labute approximate surface area is 108 Å². The van der Waals surface area contributed by atoms with E-state index in [1.54, 1.807) is 0 Å². The minimum Gasteiger partial charge on any atom is -0.312 e. The molecular formula is C13H25F3N2. The van der Waals surface area contributed by atoms with Crippen molar-refractivity contribution in [2.24, 2.45) is 0 Å². The quantitative estimate of drug-likeness (QED) is 0.794. The van der Waals surface area contributed by atoms with Crippen LogP contribution in [0.15, 0.2) is 0 Å². The number of rotatable bonds is 6. The average molecular weight is 266 g/mol. The van der Waals surface area contributed by atoms with Crippen LogP contribution >= 0.6 is 0 Å². The molecule has 0 bridgehead atoms. The van der Waals surface area contributed by atoms with Crippen LogP contribution in [0.3, 0.4) is 0 Å². The summed E-state index contributed by atoms with van der Waals surface area (Å²) in [5.41, 5.74) is 0. The monoisotopic (exact) mass is 266 g/mol. The third-order valence-electron chi connectivity index (χ3n) is 3.70. The lowest BCUT2D eigenvalue weighted by Gasteiger charge is -2.38. The summed E-state index contributed by atoms with van der Waals surface area (Å²) < 4.78 is 36.7. The largest absolute Gasteiger partial charge is 0.390 e. The average Bonchev–Trinajstić information content (AvgIpc) is 2.33. The first-order valence-corrected chi connectivity index (χ1v) is 6.94. The highest BCUT2D eigenvalue weighted by molar-refractivity contribution is 4.87. The normalized spacial score (nSPS) is 25.7. The minimum atomic E-state index is -4.05. The van der Waals surface area contributed by atoms with Crippen molar-refractivity contribution < 1.29 is 13.2 Å². The second-order valence-corrected chi connectivity index (χ2v) is 5.26. The third-order valence-corrected chi connectivity index (χ3v) is 3.70. The fourth-order valence-corrected chi connectivity index (χ4v) is 2.68. The van der Waals surface area contributed by atoms with Crippen LogP contribution in [0.2, 0.25) is 0 Å². The van der Waals surface area contributed by atoms with Crippen LogP contribution in [0.5, 0.6) is 0 Å². The Kier molecular flexibility index (Phi) is 6.43. The van der Waals surface area contributed by atoms with Crippen molar-refractivity contribution >= 4 is 0 Å². The van der Waals surface area contributed by atoms with Crippen LogP contribution < -0.4 is 5.32 Å². The van der Waals surface area contributed by atoms with Crippen LogP contribution in [0, 0.1) is 0 Å². The van der Waals surface area contributed by atoms with Gasteiger partial charge in [-0.2, -0.15) is 13.2 Å². The number of hydrogen-bond donors (Lipinski definition) is 1. The molecule has 2 atom stereocenters. The molecule has 108 valence electrons. The zero-order valence-corrected chi connectivity index (χ0v) is 11.4. The number of likely N-dealkylation sites (N-methyl/N-ethyl adjacent to an activating group) is 1. The Hall–Kier alpha value is -0.290. The van der Waals surface area contributed by atoms with E-state index in [-0.39, 0.29) is 12.6 Å². The molecule has 0 radical (unpaired) electrons. The van der Waals surface area contributed by atoms with Gasteiger partial charge in [0.2, 0.25) is 0 Å². The molecule has 0 aromatic rings. The lowest BCUT2D eigenvalue weighted by atomic mass is 9.89.